The summed E-state index contributed by atoms with van der Waals surface area (Å²) in [6.45, 7) is 0.574. The van der Waals surface area contributed by atoms with Crippen LogP contribution in [0.25, 0.3) is 0 Å². The lowest BCUT2D eigenvalue weighted by molar-refractivity contribution is 0.140. The van der Waals surface area contributed by atoms with Crippen LogP contribution in [0.4, 0.5) is 4.79 Å². The van der Waals surface area contributed by atoms with Gasteiger partial charge in [-0.1, -0.05) is 53.8 Å². The average molecular weight is 340 g/mol. The number of pyridine rings is 1. The monoisotopic (exact) mass is 339 g/mol. The number of nitrogens with zero attached hydrogens (tertiary/aromatic N) is 2. The number of rotatable bonds is 4. The highest BCUT2D eigenvalue weighted by Crippen LogP contribution is 2.12. The highest BCUT2D eigenvalue weighted by Gasteiger charge is 2.02. The van der Waals surface area contributed by atoms with Gasteiger partial charge < -0.3 is 10.1 Å². The van der Waals surface area contributed by atoms with Crippen molar-refractivity contribution in [3.05, 3.63) is 64.4 Å². The maximum atomic E-state index is 11.5. The third-order valence-electron chi connectivity index (χ3n) is 2.92. The normalized spacial score (nSPS) is 9.33. The molecule has 1 heterocycles. The summed E-state index contributed by atoms with van der Waals surface area (Å²) in [6, 6.07) is 13.0. The van der Waals surface area contributed by atoms with E-state index in [4.69, 9.17) is 21.6 Å². The summed E-state index contributed by atoms with van der Waals surface area (Å²) < 4.78 is 5.08. The molecule has 0 atom stereocenters. The van der Waals surface area contributed by atoms with Crippen LogP contribution < -0.4 is 5.32 Å². The predicted octanol–water partition coefficient (Wildman–Crippen LogP) is 3.27. The molecule has 0 bridgehead atoms. The molecule has 1 aromatic carbocycles. The lowest BCUT2D eigenvalue weighted by Crippen LogP contribution is -2.24. The number of alkyl carbamates (subject to hydrolysis) is 1. The maximum absolute atomic E-state index is 11.5. The summed E-state index contributed by atoms with van der Waals surface area (Å²) in [5, 5.41) is 11.7. The molecule has 0 unspecified atom stereocenters. The second kappa shape index (κ2) is 9.19. The largest absolute Gasteiger partial charge is 0.445 e. The molecule has 120 valence electrons. The van der Waals surface area contributed by atoms with Crippen LogP contribution in [0, 0.1) is 23.2 Å². The second-order valence-corrected chi connectivity index (χ2v) is 5.07. The Hall–Kier alpha value is -3.02. The van der Waals surface area contributed by atoms with E-state index in [-0.39, 0.29) is 11.8 Å². The molecule has 0 radical (unpaired) electrons. The first-order valence-electron chi connectivity index (χ1n) is 7.18. The van der Waals surface area contributed by atoms with E-state index in [1.807, 2.05) is 36.4 Å². The van der Waals surface area contributed by atoms with Crippen molar-refractivity contribution >= 4 is 17.7 Å². The molecule has 5 nitrogen and oxygen atoms in total. The lowest BCUT2D eigenvalue weighted by atomic mass is 10.2. The van der Waals surface area contributed by atoms with Gasteiger partial charge in [0.05, 0.1) is 11.1 Å². The topological polar surface area (TPSA) is 75.0 Å². The number of carbonyl (C=O) groups excluding carboxylic acids is 1. The van der Waals surface area contributed by atoms with Crippen LogP contribution >= 0.6 is 11.6 Å². The van der Waals surface area contributed by atoms with E-state index >= 15 is 0 Å². The molecule has 6 heteroatoms. The zero-order chi connectivity index (χ0) is 17.2. The zero-order valence-electron chi connectivity index (χ0n) is 12.8. The molecule has 0 spiro atoms. The predicted molar refractivity (Wildman–Crippen MR) is 90.1 cm³/mol. The molecule has 2 aromatic rings. The molecular formula is C18H14ClN3O2. The van der Waals surface area contributed by atoms with E-state index in [2.05, 4.69) is 22.1 Å². The number of aromatic nitrogens is 1. The molecule has 0 aliphatic rings. The van der Waals surface area contributed by atoms with Gasteiger partial charge in [-0.05, 0) is 11.6 Å². The van der Waals surface area contributed by atoms with E-state index in [9.17, 15) is 4.79 Å². The third-order valence-corrected chi connectivity index (χ3v) is 3.22. The molecule has 1 amide bonds. The Kier molecular flexibility index (Phi) is 6.64. The number of nitriles is 1. The van der Waals surface area contributed by atoms with E-state index in [0.717, 1.165) is 5.56 Å². The van der Waals surface area contributed by atoms with Crippen molar-refractivity contribution in [2.24, 2.45) is 0 Å². The minimum absolute atomic E-state index is 0.223. The quantitative estimate of drug-likeness (QED) is 0.527. The van der Waals surface area contributed by atoms with Crippen LogP contribution in [0.1, 0.15) is 23.1 Å². The Morgan fingerprint density at radius 3 is 2.88 bits per heavy atom. The summed E-state index contributed by atoms with van der Waals surface area (Å²) in [6.07, 6.45) is 1.32. The summed E-state index contributed by atoms with van der Waals surface area (Å²) in [4.78, 5) is 15.4. The summed E-state index contributed by atoms with van der Waals surface area (Å²) in [7, 11) is 0. The van der Waals surface area contributed by atoms with Gasteiger partial charge in [-0.2, -0.15) is 5.26 Å². The molecule has 0 fully saturated rings. The SMILES string of the molecule is N#Cc1cnc(Cl)c(C#CCCNC(=O)OCc2ccccc2)c1. The molecule has 1 N–H and O–H groups in total. The van der Waals surface area contributed by atoms with Gasteiger partial charge in [-0.15, -0.1) is 0 Å². The molecule has 0 saturated carbocycles. The number of amides is 1. The van der Waals surface area contributed by atoms with Crippen LogP contribution in [0.3, 0.4) is 0 Å². The Morgan fingerprint density at radius 2 is 2.12 bits per heavy atom. The summed E-state index contributed by atoms with van der Waals surface area (Å²) in [5.41, 5.74) is 1.81. The Labute approximate surface area is 145 Å². The van der Waals surface area contributed by atoms with Crippen LogP contribution in [-0.2, 0) is 11.3 Å². The molecule has 0 aliphatic carbocycles. The molecule has 0 aliphatic heterocycles. The number of benzene rings is 1. The zero-order valence-corrected chi connectivity index (χ0v) is 13.5. The maximum Gasteiger partial charge on any atom is 0.407 e. The van der Waals surface area contributed by atoms with E-state index in [1.165, 1.54) is 6.20 Å². The van der Waals surface area contributed by atoms with Crippen molar-refractivity contribution in [1.82, 2.24) is 10.3 Å². The molecular weight excluding hydrogens is 326 g/mol. The molecule has 1 aromatic heterocycles. The van der Waals surface area contributed by atoms with E-state index in [1.54, 1.807) is 6.07 Å². The van der Waals surface area contributed by atoms with E-state index in [0.29, 0.717) is 24.1 Å². The van der Waals surface area contributed by atoms with Crippen molar-refractivity contribution in [3.8, 4) is 17.9 Å². The van der Waals surface area contributed by atoms with Gasteiger partial charge in [-0.3, -0.25) is 0 Å². The highest BCUT2D eigenvalue weighted by molar-refractivity contribution is 6.30. The van der Waals surface area contributed by atoms with E-state index < -0.39 is 6.09 Å². The molecule has 0 saturated heterocycles. The van der Waals surface area contributed by atoms with Gasteiger partial charge in [0.2, 0.25) is 0 Å². The Morgan fingerprint density at radius 1 is 1.33 bits per heavy atom. The van der Waals surface area contributed by atoms with Gasteiger partial charge >= 0.3 is 6.09 Å². The number of nitrogens with one attached hydrogen (secondary N) is 1. The number of ether oxygens (including phenoxy) is 1. The first-order chi connectivity index (χ1) is 11.7. The average Bonchev–Trinajstić information content (AvgIpc) is 2.62. The van der Waals surface area contributed by atoms with Crippen LogP contribution in [0.2, 0.25) is 5.15 Å². The molecule has 24 heavy (non-hydrogen) atoms. The smallest absolute Gasteiger partial charge is 0.407 e. The van der Waals surface area contributed by atoms with Crippen molar-refractivity contribution in [1.29, 1.82) is 5.26 Å². The van der Waals surface area contributed by atoms with Gasteiger partial charge in [-0.25, -0.2) is 9.78 Å². The minimum Gasteiger partial charge on any atom is -0.445 e. The number of carbonyl (C=O) groups is 1. The fourth-order valence-corrected chi connectivity index (χ4v) is 1.91. The Bertz CT molecular complexity index is 804. The van der Waals surface area contributed by atoms with Gasteiger partial charge in [0.15, 0.2) is 0 Å². The lowest BCUT2D eigenvalue weighted by Gasteiger charge is -2.05. The first-order valence-corrected chi connectivity index (χ1v) is 7.56. The van der Waals surface area contributed by atoms with Crippen molar-refractivity contribution in [2.75, 3.05) is 6.54 Å². The van der Waals surface area contributed by atoms with Crippen molar-refractivity contribution in [3.63, 3.8) is 0 Å². The van der Waals surface area contributed by atoms with Crippen LogP contribution in [-0.4, -0.2) is 17.6 Å². The van der Waals surface area contributed by atoms with Gasteiger partial charge in [0.25, 0.3) is 0 Å². The minimum atomic E-state index is -0.494. The fraction of sp³-hybridized carbons (Fsp3) is 0.167. The summed E-state index contributed by atoms with van der Waals surface area (Å²) >= 11 is 5.90. The fourth-order valence-electron chi connectivity index (χ4n) is 1.76. The van der Waals surface area contributed by atoms with Gasteiger partial charge in [0, 0.05) is 19.2 Å². The second-order valence-electron chi connectivity index (χ2n) is 4.71. The molecule has 2 rings (SSSR count). The first kappa shape index (κ1) is 17.3. The highest BCUT2D eigenvalue weighted by atomic mass is 35.5. The van der Waals surface area contributed by atoms with Crippen LogP contribution in [0.15, 0.2) is 42.6 Å². The summed E-state index contributed by atoms with van der Waals surface area (Å²) in [5.74, 6) is 5.70. The Balaban J connectivity index is 1.73. The number of halogens is 1. The number of hydrogen-bond acceptors (Lipinski definition) is 4. The van der Waals surface area contributed by atoms with Crippen LogP contribution in [0.5, 0.6) is 0 Å². The van der Waals surface area contributed by atoms with Crippen molar-refractivity contribution < 1.29 is 9.53 Å². The number of hydrogen-bond donors (Lipinski definition) is 1. The standard InChI is InChI=1S/C18H14ClN3O2/c19-17-16(10-15(11-20)12-22-17)8-4-5-9-21-18(23)24-13-14-6-2-1-3-7-14/h1-3,6-7,10,12H,5,9,13H2,(H,21,23). The van der Waals surface area contributed by atoms with Gasteiger partial charge in [0.1, 0.15) is 17.8 Å². The third kappa shape index (κ3) is 5.64. The van der Waals surface area contributed by atoms with Crippen molar-refractivity contribution in [2.45, 2.75) is 13.0 Å².